The van der Waals surface area contributed by atoms with E-state index in [1.165, 1.54) is 14.0 Å². The number of hydrogen-bond donors (Lipinski definition) is 1. The maximum Gasteiger partial charge on any atom is 0.303 e. The van der Waals surface area contributed by atoms with E-state index in [0.29, 0.717) is 13.1 Å². The molecule has 6 nitrogen and oxygen atoms in total. The molecule has 1 aliphatic carbocycles. The average Bonchev–Trinajstić information content (AvgIpc) is 2.49. The fourth-order valence-corrected chi connectivity index (χ4v) is 2.74. The van der Waals surface area contributed by atoms with Gasteiger partial charge in [-0.05, 0) is 12.2 Å². The van der Waals surface area contributed by atoms with Gasteiger partial charge in [-0.15, -0.1) is 0 Å². The number of esters is 1. The average molecular weight is 302 g/mol. The molecule has 1 heterocycles. The summed E-state index contributed by atoms with van der Waals surface area (Å²) in [7, 11) is 1.45. The summed E-state index contributed by atoms with van der Waals surface area (Å²) in [6.45, 7) is 1.95. The molecule has 1 amide bonds. The van der Waals surface area contributed by atoms with Gasteiger partial charge in [0.2, 0.25) is 0 Å². The molecule has 2 N–H and O–H groups in total. The lowest BCUT2D eigenvalue weighted by atomic mass is 9.76. The lowest BCUT2D eigenvalue weighted by Gasteiger charge is -2.55. The SMILES string of the molecule is CO[C@@]12CC#C/C=C\C#C[C@H](OC(C)=O)[C@H]1N(CCN)C2=O. The zero-order chi connectivity index (χ0) is 16.2. The van der Waals surface area contributed by atoms with E-state index in [9.17, 15) is 9.59 Å². The highest BCUT2D eigenvalue weighted by Gasteiger charge is 2.64. The Morgan fingerprint density at radius 1 is 1.50 bits per heavy atom. The summed E-state index contributed by atoms with van der Waals surface area (Å²) < 4.78 is 10.8. The van der Waals surface area contributed by atoms with Gasteiger partial charge in [0.1, 0.15) is 6.04 Å². The van der Waals surface area contributed by atoms with E-state index >= 15 is 0 Å². The van der Waals surface area contributed by atoms with E-state index in [1.54, 1.807) is 17.1 Å². The fourth-order valence-electron chi connectivity index (χ4n) is 2.74. The molecule has 22 heavy (non-hydrogen) atoms. The van der Waals surface area contributed by atoms with Crippen LogP contribution in [0.4, 0.5) is 0 Å². The van der Waals surface area contributed by atoms with E-state index in [2.05, 4.69) is 23.7 Å². The van der Waals surface area contributed by atoms with E-state index in [0.717, 1.165) is 0 Å². The number of fused-ring (bicyclic) bond motifs is 1. The Morgan fingerprint density at radius 2 is 2.23 bits per heavy atom. The van der Waals surface area contributed by atoms with Crippen molar-refractivity contribution in [2.75, 3.05) is 20.2 Å². The van der Waals surface area contributed by atoms with Crippen molar-refractivity contribution >= 4 is 11.9 Å². The lowest BCUT2D eigenvalue weighted by molar-refractivity contribution is -0.210. The van der Waals surface area contributed by atoms with Crippen molar-refractivity contribution in [3.05, 3.63) is 12.2 Å². The molecule has 0 aromatic rings. The summed E-state index contributed by atoms with van der Waals surface area (Å²) in [6.07, 6.45) is 2.59. The summed E-state index contributed by atoms with van der Waals surface area (Å²) >= 11 is 0. The molecule has 116 valence electrons. The molecular formula is C16H18N2O4. The number of nitrogens with two attached hydrogens (primary N) is 1. The predicted molar refractivity (Wildman–Crippen MR) is 79.2 cm³/mol. The Balaban J connectivity index is 2.44. The van der Waals surface area contributed by atoms with Crippen molar-refractivity contribution in [1.29, 1.82) is 0 Å². The van der Waals surface area contributed by atoms with Crippen molar-refractivity contribution in [2.45, 2.75) is 31.1 Å². The van der Waals surface area contributed by atoms with E-state index in [1.807, 2.05) is 0 Å². The highest BCUT2D eigenvalue weighted by Crippen LogP contribution is 2.39. The third-order valence-corrected chi connectivity index (χ3v) is 3.68. The topological polar surface area (TPSA) is 81.9 Å². The molecule has 6 heteroatoms. The van der Waals surface area contributed by atoms with Gasteiger partial charge in [-0.3, -0.25) is 9.59 Å². The normalized spacial score (nSPS) is 30.7. The van der Waals surface area contributed by atoms with Crippen molar-refractivity contribution < 1.29 is 19.1 Å². The first-order chi connectivity index (χ1) is 10.6. The maximum absolute atomic E-state index is 12.5. The number of allylic oxidation sites excluding steroid dienone is 2. The van der Waals surface area contributed by atoms with Gasteiger partial charge >= 0.3 is 5.97 Å². The van der Waals surface area contributed by atoms with Gasteiger partial charge in [0.05, 0.1) is 0 Å². The molecular weight excluding hydrogens is 284 g/mol. The van der Waals surface area contributed by atoms with Gasteiger partial charge in [0.25, 0.3) is 5.91 Å². The number of carbonyl (C=O) groups is 2. The number of rotatable bonds is 4. The second-order valence-electron chi connectivity index (χ2n) is 4.98. The molecule has 2 aliphatic rings. The number of nitrogens with zero attached hydrogens (tertiary/aromatic N) is 1. The third-order valence-electron chi connectivity index (χ3n) is 3.68. The number of methoxy groups -OCH3 is 1. The highest BCUT2D eigenvalue weighted by molar-refractivity contribution is 5.94. The summed E-state index contributed by atoms with van der Waals surface area (Å²) in [6, 6.07) is -0.522. The van der Waals surface area contributed by atoms with Crippen LogP contribution in [0.3, 0.4) is 0 Å². The summed E-state index contributed by atoms with van der Waals surface area (Å²) in [4.78, 5) is 25.4. The Labute approximate surface area is 129 Å². The lowest BCUT2D eigenvalue weighted by Crippen LogP contribution is -2.78. The molecule has 0 radical (unpaired) electrons. The Bertz CT molecular complexity index is 620. The fraction of sp³-hybridized carbons (Fsp3) is 0.500. The molecule has 0 unspecified atom stereocenters. The molecule has 2 rings (SSSR count). The van der Waals surface area contributed by atoms with Crippen LogP contribution in [0.2, 0.25) is 0 Å². The number of carbonyl (C=O) groups excluding carboxylic acids is 2. The van der Waals surface area contributed by atoms with Crippen molar-refractivity contribution in [2.24, 2.45) is 5.73 Å². The summed E-state index contributed by atoms with van der Waals surface area (Å²) in [5, 5.41) is 0. The maximum atomic E-state index is 12.5. The summed E-state index contributed by atoms with van der Waals surface area (Å²) in [5.74, 6) is 10.7. The van der Waals surface area contributed by atoms with Gasteiger partial charge in [-0.1, -0.05) is 23.7 Å². The first kappa shape index (κ1) is 16.1. The Kier molecular flexibility index (Phi) is 4.87. The van der Waals surface area contributed by atoms with Crippen LogP contribution in [0.5, 0.6) is 0 Å². The minimum absolute atomic E-state index is 0.205. The van der Waals surface area contributed by atoms with Gasteiger partial charge in [0.15, 0.2) is 11.7 Å². The number of hydrogen-bond acceptors (Lipinski definition) is 5. The van der Waals surface area contributed by atoms with Crippen LogP contribution < -0.4 is 5.73 Å². The zero-order valence-electron chi connectivity index (χ0n) is 12.6. The molecule has 0 spiro atoms. The van der Waals surface area contributed by atoms with Crippen LogP contribution in [0.1, 0.15) is 13.3 Å². The molecule has 3 atom stereocenters. The first-order valence-electron chi connectivity index (χ1n) is 6.95. The predicted octanol–water partition coefficient (Wildman–Crippen LogP) is -0.560. The van der Waals surface area contributed by atoms with Crippen LogP contribution in [0.25, 0.3) is 0 Å². The minimum Gasteiger partial charge on any atom is -0.447 e. The summed E-state index contributed by atoms with van der Waals surface area (Å²) in [5.41, 5.74) is 4.41. The van der Waals surface area contributed by atoms with E-state index < -0.39 is 23.7 Å². The van der Waals surface area contributed by atoms with Gasteiger partial charge in [0, 0.05) is 33.5 Å². The molecule has 0 aromatic heterocycles. The van der Waals surface area contributed by atoms with Gasteiger partial charge in [-0.2, -0.15) is 0 Å². The van der Waals surface area contributed by atoms with E-state index in [-0.39, 0.29) is 12.3 Å². The molecule has 0 bridgehead atoms. The standard InChI is InChI=1S/C16H18N2O4/c1-12(19)22-13-8-6-4-3-5-7-9-16(21-2)14(13)18(11-10-17)15(16)20/h3-4,13-14H,9-11,17H2,1-2H3/b4-3-/t13-,14+,16-/m0/s1. The number of likely N-dealkylation sites (tertiary alicyclic amines) is 1. The van der Waals surface area contributed by atoms with Crippen molar-refractivity contribution in [3.63, 3.8) is 0 Å². The minimum atomic E-state index is -1.15. The number of β-lactam (4-membered cyclic amide) rings is 1. The monoisotopic (exact) mass is 302 g/mol. The zero-order valence-corrected chi connectivity index (χ0v) is 12.6. The van der Waals surface area contributed by atoms with Crippen LogP contribution >= 0.6 is 0 Å². The largest absolute Gasteiger partial charge is 0.447 e. The molecule has 1 saturated heterocycles. The van der Waals surface area contributed by atoms with E-state index in [4.69, 9.17) is 15.2 Å². The number of ether oxygens (including phenoxy) is 2. The van der Waals surface area contributed by atoms with Crippen LogP contribution in [0, 0.1) is 23.7 Å². The quantitative estimate of drug-likeness (QED) is 0.428. The van der Waals surface area contributed by atoms with Crippen molar-refractivity contribution in [3.8, 4) is 23.7 Å². The second-order valence-corrected chi connectivity index (χ2v) is 4.98. The molecule has 1 aliphatic heterocycles. The smallest absolute Gasteiger partial charge is 0.303 e. The number of amides is 1. The van der Waals surface area contributed by atoms with Gasteiger partial charge in [-0.25, -0.2) is 0 Å². The Morgan fingerprint density at radius 3 is 2.86 bits per heavy atom. The second kappa shape index (κ2) is 6.65. The van der Waals surface area contributed by atoms with Crippen LogP contribution in [-0.2, 0) is 19.1 Å². The first-order valence-corrected chi connectivity index (χ1v) is 6.95. The molecule has 0 saturated carbocycles. The van der Waals surface area contributed by atoms with Crippen molar-refractivity contribution in [1.82, 2.24) is 4.90 Å². The molecule has 1 fully saturated rings. The highest BCUT2D eigenvalue weighted by atomic mass is 16.6. The third kappa shape index (κ3) is 2.71. The molecule has 0 aromatic carbocycles. The van der Waals surface area contributed by atoms with Crippen LogP contribution in [-0.4, -0.2) is 54.7 Å². The van der Waals surface area contributed by atoms with Crippen LogP contribution in [0.15, 0.2) is 12.2 Å². The van der Waals surface area contributed by atoms with Gasteiger partial charge < -0.3 is 20.1 Å². The Hall–Kier alpha value is -2.28.